The van der Waals surface area contributed by atoms with Crippen LogP contribution in [0.5, 0.6) is 0 Å². The van der Waals surface area contributed by atoms with Gasteiger partial charge in [0, 0.05) is 30.1 Å². The van der Waals surface area contributed by atoms with E-state index in [2.05, 4.69) is 14.9 Å². The second kappa shape index (κ2) is 6.29. The standard InChI is InChI=1S/C14H18N4O2/c1-17(2)9-3-4-11-5-6-12(18(19)20)10-13(11)14-15-7-8-16-14/h5-8,10H,3-4,9H2,1-2H3,(H,15,16). The number of imidazole rings is 1. The van der Waals surface area contributed by atoms with Gasteiger partial charge < -0.3 is 9.88 Å². The number of H-pyrrole nitrogens is 1. The van der Waals surface area contributed by atoms with Crippen LogP contribution in [0.3, 0.4) is 0 Å². The summed E-state index contributed by atoms with van der Waals surface area (Å²) in [5.41, 5.74) is 1.98. The molecule has 1 N–H and O–H groups in total. The van der Waals surface area contributed by atoms with Gasteiger partial charge in [-0.3, -0.25) is 10.1 Å². The van der Waals surface area contributed by atoms with E-state index < -0.39 is 0 Å². The monoisotopic (exact) mass is 274 g/mol. The summed E-state index contributed by atoms with van der Waals surface area (Å²) in [6.45, 7) is 0.981. The molecule has 0 saturated heterocycles. The van der Waals surface area contributed by atoms with Crippen molar-refractivity contribution in [1.82, 2.24) is 14.9 Å². The zero-order valence-electron chi connectivity index (χ0n) is 11.7. The molecular formula is C14H18N4O2. The lowest BCUT2D eigenvalue weighted by Gasteiger charge is -2.11. The third-order valence-corrected chi connectivity index (χ3v) is 3.11. The molecule has 0 atom stereocenters. The van der Waals surface area contributed by atoms with Gasteiger partial charge in [0.2, 0.25) is 0 Å². The van der Waals surface area contributed by atoms with Gasteiger partial charge in [-0.2, -0.15) is 0 Å². The van der Waals surface area contributed by atoms with Crippen LogP contribution in [0.15, 0.2) is 30.6 Å². The lowest BCUT2D eigenvalue weighted by molar-refractivity contribution is -0.384. The highest BCUT2D eigenvalue weighted by molar-refractivity contribution is 5.64. The van der Waals surface area contributed by atoms with Crippen molar-refractivity contribution in [3.05, 3.63) is 46.3 Å². The minimum atomic E-state index is -0.379. The molecule has 0 aliphatic carbocycles. The summed E-state index contributed by atoms with van der Waals surface area (Å²) < 4.78 is 0. The summed E-state index contributed by atoms with van der Waals surface area (Å²) in [6.07, 6.45) is 5.24. The zero-order valence-corrected chi connectivity index (χ0v) is 11.7. The molecule has 6 heteroatoms. The molecule has 106 valence electrons. The van der Waals surface area contributed by atoms with E-state index in [1.54, 1.807) is 24.5 Å². The molecule has 1 aromatic carbocycles. The predicted octanol–water partition coefficient (Wildman–Crippen LogP) is 2.48. The van der Waals surface area contributed by atoms with Gasteiger partial charge in [0.15, 0.2) is 0 Å². The normalized spacial score (nSPS) is 10.9. The summed E-state index contributed by atoms with van der Waals surface area (Å²) in [6, 6.07) is 4.97. The second-order valence-corrected chi connectivity index (χ2v) is 4.94. The summed E-state index contributed by atoms with van der Waals surface area (Å²) >= 11 is 0. The molecule has 0 unspecified atom stereocenters. The van der Waals surface area contributed by atoms with Crippen LogP contribution in [0, 0.1) is 10.1 Å². The van der Waals surface area contributed by atoms with Crippen LogP contribution in [0.1, 0.15) is 12.0 Å². The van der Waals surface area contributed by atoms with Crippen molar-refractivity contribution < 1.29 is 4.92 Å². The van der Waals surface area contributed by atoms with Gasteiger partial charge in [-0.25, -0.2) is 4.98 Å². The Morgan fingerprint density at radius 1 is 1.40 bits per heavy atom. The minimum Gasteiger partial charge on any atom is -0.345 e. The number of hydrogen-bond acceptors (Lipinski definition) is 4. The zero-order chi connectivity index (χ0) is 14.5. The topological polar surface area (TPSA) is 75.1 Å². The Bertz CT molecular complexity index is 579. The number of nitro benzene ring substituents is 1. The average Bonchev–Trinajstić information content (AvgIpc) is 2.92. The molecule has 0 amide bonds. The molecule has 0 aliphatic heterocycles. The van der Waals surface area contributed by atoms with E-state index in [1.165, 1.54) is 0 Å². The van der Waals surface area contributed by atoms with Crippen molar-refractivity contribution in [2.24, 2.45) is 0 Å². The fourth-order valence-electron chi connectivity index (χ4n) is 2.11. The largest absolute Gasteiger partial charge is 0.345 e. The van der Waals surface area contributed by atoms with Gasteiger partial charge in [0.25, 0.3) is 5.69 Å². The number of hydrogen-bond donors (Lipinski definition) is 1. The second-order valence-electron chi connectivity index (χ2n) is 4.94. The van der Waals surface area contributed by atoms with E-state index in [9.17, 15) is 10.1 Å². The lowest BCUT2D eigenvalue weighted by Crippen LogP contribution is -2.13. The lowest BCUT2D eigenvalue weighted by atomic mass is 10.0. The van der Waals surface area contributed by atoms with Gasteiger partial charge in [0.05, 0.1) is 4.92 Å². The molecule has 0 saturated carbocycles. The van der Waals surface area contributed by atoms with E-state index >= 15 is 0 Å². The van der Waals surface area contributed by atoms with Crippen LogP contribution in [0.25, 0.3) is 11.4 Å². The number of benzene rings is 1. The van der Waals surface area contributed by atoms with Crippen molar-refractivity contribution in [2.75, 3.05) is 20.6 Å². The van der Waals surface area contributed by atoms with Gasteiger partial charge >= 0.3 is 0 Å². The van der Waals surface area contributed by atoms with Crippen LogP contribution in [0.4, 0.5) is 5.69 Å². The molecule has 0 spiro atoms. The first-order valence-electron chi connectivity index (χ1n) is 6.49. The quantitative estimate of drug-likeness (QED) is 0.648. The Morgan fingerprint density at radius 3 is 2.80 bits per heavy atom. The third-order valence-electron chi connectivity index (χ3n) is 3.11. The van der Waals surface area contributed by atoms with Crippen molar-refractivity contribution in [1.29, 1.82) is 0 Å². The summed E-state index contributed by atoms with van der Waals surface area (Å²) in [4.78, 5) is 19.9. The van der Waals surface area contributed by atoms with Crippen molar-refractivity contribution >= 4 is 5.69 Å². The number of aromatic amines is 1. The Hall–Kier alpha value is -2.21. The highest BCUT2D eigenvalue weighted by Crippen LogP contribution is 2.26. The summed E-state index contributed by atoms with van der Waals surface area (Å²) in [7, 11) is 4.06. The Morgan fingerprint density at radius 2 is 2.20 bits per heavy atom. The SMILES string of the molecule is CN(C)CCCc1ccc([N+](=O)[O-])cc1-c1ncc[nH]1. The van der Waals surface area contributed by atoms with Gasteiger partial charge in [-0.05, 0) is 39.0 Å². The first-order chi connectivity index (χ1) is 9.58. The molecule has 20 heavy (non-hydrogen) atoms. The third kappa shape index (κ3) is 3.42. The molecular weight excluding hydrogens is 256 g/mol. The van der Waals surface area contributed by atoms with Crippen LogP contribution in [-0.2, 0) is 6.42 Å². The summed E-state index contributed by atoms with van der Waals surface area (Å²) in [5, 5.41) is 10.9. The number of nitro groups is 1. The molecule has 2 rings (SSSR count). The van der Waals surface area contributed by atoms with Gasteiger partial charge in [-0.15, -0.1) is 0 Å². The summed E-state index contributed by atoms with van der Waals surface area (Å²) in [5.74, 6) is 0.675. The van der Waals surface area contributed by atoms with E-state index in [4.69, 9.17) is 0 Å². The maximum absolute atomic E-state index is 10.9. The maximum atomic E-state index is 10.9. The van der Waals surface area contributed by atoms with Crippen molar-refractivity contribution in [3.8, 4) is 11.4 Å². The molecule has 0 aliphatic rings. The van der Waals surface area contributed by atoms with Crippen LogP contribution >= 0.6 is 0 Å². The van der Waals surface area contributed by atoms with E-state index in [-0.39, 0.29) is 10.6 Å². The average molecular weight is 274 g/mol. The van der Waals surface area contributed by atoms with Crippen LogP contribution in [-0.4, -0.2) is 40.4 Å². The maximum Gasteiger partial charge on any atom is 0.270 e. The van der Waals surface area contributed by atoms with E-state index in [0.29, 0.717) is 5.82 Å². The Kier molecular flexibility index (Phi) is 4.47. The molecule has 2 aromatic rings. The number of aromatic nitrogens is 2. The number of non-ortho nitro benzene ring substituents is 1. The molecule has 0 bridgehead atoms. The van der Waals surface area contributed by atoms with Crippen LogP contribution in [0.2, 0.25) is 0 Å². The highest BCUT2D eigenvalue weighted by atomic mass is 16.6. The van der Waals surface area contributed by atoms with E-state index in [1.807, 2.05) is 20.2 Å². The molecule has 1 aromatic heterocycles. The predicted molar refractivity (Wildman–Crippen MR) is 77.6 cm³/mol. The molecule has 0 radical (unpaired) electrons. The van der Waals surface area contributed by atoms with Gasteiger partial charge in [0.1, 0.15) is 5.82 Å². The Balaban J connectivity index is 2.28. The Labute approximate surface area is 117 Å². The molecule has 6 nitrogen and oxygen atoms in total. The smallest absolute Gasteiger partial charge is 0.270 e. The van der Waals surface area contributed by atoms with E-state index in [0.717, 1.165) is 30.5 Å². The number of rotatable bonds is 6. The van der Waals surface area contributed by atoms with Crippen molar-refractivity contribution in [2.45, 2.75) is 12.8 Å². The number of aryl methyl sites for hydroxylation is 1. The molecule has 0 fully saturated rings. The fourth-order valence-corrected chi connectivity index (χ4v) is 2.11. The van der Waals surface area contributed by atoms with Crippen molar-refractivity contribution in [3.63, 3.8) is 0 Å². The molecule has 1 heterocycles. The first kappa shape index (κ1) is 14.2. The van der Waals surface area contributed by atoms with Gasteiger partial charge in [-0.1, -0.05) is 6.07 Å². The number of nitrogens with one attached hydrogen (secondary N) is 1. The number of nitrogens with zero attached hydrogens (tertiary/aromatic N) is 3. The minimum absolute atomic E-state index is 0.0905. The fraction of sp³-hybridized carbons (Fsp3) is 0.357. The highest BCUT2D eigenvalue weighted by Gasteiger charge is 2.13. The van der Waals surface area contributed by atoms with Crippen LogP contribution < -0.4 is 0 Å². The first-order valence-corrected chi connectivity index (χ1v) is 6.49.